The summed E-state index contributed by atoms with van der Waals surface area (Å²) < 4.78 is 7.95. The number of rotatable bonds is 3. The van der Waals surface area contributed by atoms with Crippen LogP contribution in [0.25, 0.3) is 36.5 Å². The number of allylic oxidation sites excluding steroid dienone is 1. The highest BCUT2D eigenvalue weighted by atomic mass is 35.5. The van der Waals surface area contributed by atoms with Gasteiger partial charge in [0, 0.05) is 26.9 Å². The highest BCUT2D eigenvalue weighted by Gasteiger charge is 2.34. The Morgan fingerprint density at radius 2 is 1.78 bits per heavy atom. The number of benzene rings is 2. The topological polar surface area (TPSA) is 60.2 Å². The lowest BCUT2D eigenvalue weighted by molar-refractivity contribution is 0.0990. The van der Waals surface area contributed by atoms with Crippen molar-refractivity contribution in [2.75, 3.05) is 0 Å². The van der Waals surface area contributed by atoms with Gasteiger partial charge in [-0.25, -0.2) is 0 Å². The second kappa shape index (κ2) is 7.24. The molecular formula is C25H14ClNO3S2. The van der Waals surface area contributed by atoms with Crippen molar-refractivity contribution in [3.8, 4) is 9.88 Å². The van der Waals surface area contributed by atoms with E-state index in [2.05, 4.69) is 23.2 Å². The van der Waals surface area contributed by atoms with E-state index in [1.807, 2.05) is 25.1 Å². The van der Waals surface area contributed by atoms with Gasteiger partial charge >= 0.3 is 0 Å². The SMILES string of the molecule is CCc1cc2c(cc1Cl)C(=O)/C(=C/c1cc3sc(-c4cc5ccccc5s4)nc3o1)C2=O. The first-order valence-corrected chi connectivity index (χ1v) is 12.1. The average Bonchev–Trinajstić information content (AvgIpc) is 3.52. The van der Waals surface area contributed by atoms with Crippen LogP contribution in [0.5, 0.6) is 0 Å². The highest BCUT2D eigenvalue weighted by molar-refractivity contribution is 7.28. The van der Waals surface area contributed by atoms with Gasteiger partial charge in [-0.05, 0) is 47.7 Å². The Balaban J connectivity index is 1.36. The molecule has 6 rings (SSSR count). The minimum absolute atomic E-state index is 0.0930. The maximum Gasteiger partial charge on any atom is 0.238 e. The number of fused-ring (bicyclic) bond motifs is 3. The van der Waals surface area contributed by atoms with Gasteiger partial charge in [0.2, 0.25) is 5.71 Å². The fraction of sp³-hybridized carbons (Fsp3) is 0.0800. The Morgan fingerprint density at radius 1 is 1.00 bits per heavy atom. The summed E-state index contributed by atoms with van der Waals surface area (Å²) in [6.07, 6.45) is 2.20. The predicted octanol–water partition coefficient (Wildman–Crippen LogP) is 7.45. The first-order chi connectivity index (χ1) is 15.5. The standard InChI is InChI=1S/C25H14ClNO3S2/c1-2-12-7-15-16(11-18(12)26)23(29)17(22(15)28)9-14-10-20-24(30-14)27-25(32-20)21-8-13-5-3-4-6-19(13)31-21/h3-11H,2H2,1H3/b17-9+. The van der Waals surface area contributed by atoms with Gasteiger partial charge < -0.3 is 4.42 Å². The lowest BCUT2D eigenvalue weighted by atomic mass is 10.0. The number of ketones is 2. The molecule has 0 saturated heterocycles. The van der Waals surface area contributed by atoms with Crippen LogP contribution in [0.15, 0.2) is 58.5 Å². The fourth-order valence-electron chi connectivity index (χ4n) is 3.95. The van der Waals surface area contributed by atoms with Crippen LogP contribution in [0.4, 0.5) is 0 Å². The Bertz CT molecular complexity index is 1550. The lowest BCUT2D eigenvalue weighted by Gasteiger charge is -2.03. The molecule has 7 heteroatoms. The zero-order valence-electron chi connectivity index (χ0n) is 16.8. The van der Waals surface area contributed by atoms with E-state index in [1.165, 1.54) is 27.5 Å². The van der Waals surface area contributed by atoms with Crippen LogP contribution in [0, 0.1) is 0 Å². The first-order valence-electron chi connectivity index (χ1n) is 10.0. The van der Waals surface area contributed by atoms with Crippen molar-refractivity contribution in [3.05, 3.63) is 81.6 Å². The summed E-state index contributed by atoms with van der Waals surface area (Å²) in [4.78, 5) is 31.4. The summed E-state index contributed by atoms with van der Waals surface area (Å²) in [5, 5.41) is 2.58. The number of thiazole rings is 1. The van der Waals surface area contributed by atoms with Gasteiger partial charge in [-0.2, -0.15) is 4.98 Å². The van der Waals surface area contributed by atoms with Gasteiger partial charge in [-0.3, -0.25) is 9.59 Å². The number of furan rings is 1. The molecule has 1 aliphatic carbocycles. The zero-order valence-corrected chi connectivity index (χ0v) is 19.2. The summed E-state index contributed by atoms with van der Waals surface area (Å²) in [6.45, 7) is 1.96. The molecule has 3 heterocycles. The van der Waals surface area contributed by atoms with Gasteiger partial charge in [-0.1, -0.05) is 36.7 Å². The molecule has 1 aliphatic rings. The molecule has 156 valence electrons. The van der Waals surface area contributed by atoms with Crippen molar-refractivity contribution in [3.63, 3.8) is 0 Å². The summed E-state index contributed by atoms with van der Waals surface area (Å²) >= 11 is 9.47. The van der Waals surface area contributed by atoms with E-state index in [-0.39, 0.29) is 17.1 Å². The second-order valence-electron chi connectivity index (χ2n) is 7.54. The molecule has 0 aliphatic heterocycles. The smallest absolute Gasteiger partial charge is 0.238 e. The Kier molecular flexibility index (Phi) is 4.43. The second-order valence-corrected chi connectivity index (χ2v) is 10.1. The Morgan fingerprint density at radius 3 is 2.53 bits per heavy atom. The van der Waals surface area contributed by atoms with E-state index in [9.17, 15) is 9.59 Å². The molecule has 0 N–H and O–H groups in total. The van der Waals surface area contributed by atoms with Crippen molar-refractivity contribution < 1.29 is 14.0 Å². The molecule has 0 amide bonds. The van der Waals surface area contributed by atoms with Crippen molar-refractivity contribution >= 4 is 72.4 Å². The first kappa shape index (κ1) is 19.6. The van der Waals surface area contributed by atoms with E-state index in [0.717, 1.165) is 20.1 Å². The summed E-state index contributed by atoms with van der Waals surface area (Å²) in [5.41, 5.74) is 2.20. The maximum absolute atomic E-state index is 12.9. The van der Waals surface area contributed by atoms with Crippen LogP contribution in [-0.2, 0) is 6.42 Å². The van der Waals surface area contributed by atoms with E-state index in [1.54, 1.807) is 23.5 Å². The molecule has 0 fully saturated rings. The lowest BCUT2D eigenvalue weighted by Crippen LogP contribution is -1.99. The van der Waals surface area contributed by atoms with Crippen molar-refractivity contribution in [2.45, 2.75) is 13.3 Å². The average molecular weight is 476 g/mol. The van der Waals surface area contributed by atoms with Crippen molar-refractivity contribution in [1.82, 2.24) is 4.98 Å². The molecule has 5 aromatic rings. The third-order valence-electron chi connectivity index (χ3n) is 5.58. The number of hydrogen-bond acceptors (Lipinski definition) is 6. The minimum Gasteiger partial charge on any atom is -0.437 e. The summed E-state index contributed by atoms with van der Waals surface area (Å²) in [6, 6.07) is 15.5. The molecule has 0 bridgehead atoms. The molecule has 4 nitrogen and oxygen atoms in total. The summed E-state index contributed by atoms with van der Waals surface area (Å²) in [7, 11) is 0. The number of nitrogens with zero attached hydrogens (tertiary/aromatic N) is 1. The Hall–Kier alpha value is -3.06. The van der Waals surface area contributed by atoms with Crippen LogP contribution in [0.1, 0.15) is 39.0 Å². The fourth-order valence-corrected chi connectivity index (χ4v) is 6.29. The number of hydrogen-bond donors (Lipinski definition) is 0. The number of thiophene rings is 1. The van der Waals surface area contributed by atoms with Gasteiger partial charge in [0.1, 0.15) is 10.8 Å². The third-order valence-corrected chi connectivity index (χ3v) is 8.20. The monoisotopic (exact) mass is 475 g/mol. The number of carbonyl (C=O) groups is 2. The molecular weight excluding hydrogens is 462 g/mol. The van der Waals surface area contributed by atoms with Gasteiger partial charge in [0.05, 0.1) is 15.2 Å². The number of aromatic nitrogens is 1. The predicted molar refractivity (Wildman–Crippen MR) is 130 cm³/mol. The molecule has 0 spiro atoms. The summed E-state index contributed by atoms with van der Waals surface area (Å²) in [5.74, 6) is -0.184. The highest BCUT2D eigenvalue weighted by Crippen LogP contribution is 2.39. The molecule has 3 aromatic heterocycles. The van der Waals surface area contributed by atoms with E-state index in [4.69, 9.17) is 16.0 Å². The number of Topliss-reactive ketones (excluding diaryl/α,β-unsaturated/α-hetero) is 2. The number of aryl methyl sites for hydroxylation is 1. The quantitative estimate of drug-likeness (QED) is 0.201. The number of carbonyl (C=O) groups excluding carboxylic acids is 2. The molecule has 0 atom stereocenters. The van der Waals surface area contributed by atoms with Crippen LogP contribution in [0.2, 0.25) is 5.02 Å². The van der Waals surface area contributed by atoms with Crippen molar-refractivity contribution in [1.29, 1.82) is 0 Å². The zero-order chi connectivity index (χ0) is 22.0. The van der Waals surface area contributed by atoms with Crippen LogP contribution < -0.4 is 0 Å². The van der Waals surface area contributed by atoms with Gasteiger partial charge in [0.15, 0.2) is 11.6 Å². The molecule has 0 saturated carbocycles. The molecule has 0 unspecified atom stereocenters. The van der Waals surface area contributed by atoms with E-state index in [0.29, 0.717) is 34.0 Å². The third kappa shape index (κ3) is 2.98. The largest absolute Gasteiger partial charge is 0.437 e. The normalized spacial score (nSPS) is 14.9. The number of halogens is 1. The van der Waals surface area contributed by atoms with E-state index < -0.39 is 0 Å². The maximum atomic E-state index is 12.9. The molecule has 0 radical (unpaired) electrons. The molecule has 32 heavy (non-hydrogen) atoms. The van der Waals surface area contributed by atoms with Gasteiger partial charge in [-0.15, -0.1) is 22.7 Å². The van der Waals surface area contributed by atoms with Crippen LogP contribution in [0.3, 0.4) is 0 Å². The van der Waals surface area contributed by atoms with Gasteiger partial charge in [0.25, 0.3) is 0 Å². The van der Waals surface area contributed by atoms with Crippen LogP contribution in [-0.4, -0.2) is 16.6 Å². The van der Waals surface area contributed by atoms with Crippen LogP contribution >= 0.6 is 34.3 Å². The van der Waals surface area contributed by atoms with E-state index >= 15 is 0 Å². The molecule has 2 aromatic carbocycles. The Labute approximate surface area is 195 Å². The van der Waals surface area contributed by atoms with Crippen molar-refractivity contribution in [2.24, 2.45) is 0 Å². The minimum atomic E-state index is -0.326.